The van der Waals surface area contributed by atoms with E-state index in [9.17, 15) is 9.18 Å². The van der Waals surface area contributed by atoms with Crippen molar-refractivity contribution in [3.8, 4) is 16.9 Å². The molecule has 0 bridgehead atoms. The van der Waals surface area contributed by atoms with Gasteiger partial charge in [-0.25, -0.2) is 4.39 Å². The lowest BCUT2D eigenvalue weighted by Crippen LogP contribution is -2.56. The van der Waals surface area contributed by atoms with Crippen LogP contribution in [-0.4, -0.2) is 68.3 Å². The average Bonchev–Trinajstić information content (AvgIpc) is 3.18. The van der Waals surface area contributed by atoms with E-state index in [2.05, 4.69) is 26.2 Å². The Hall–Kier alpha value is -3.75. The zero-order chi connectivity index (χ0) is 24.6. The van der Waals surface area contributed by atoms with Gasteiger partial charge in [0.25, 0.3) is 5.91 Å². The van der Waals surface area contributed by atoms with Crippen LogP contribution in [0.4, 0.5) is 15.8 Å². The van der Waals surface area contributed by atoms with E-state index in [0.717, 1.165) is 45.1 Å². The highest BCUT2D eigenvalue weighted by Crippen LogP contribution is 2.39. The summed E-state index contributed by atoms with van der Waals surface area (Å²) in [5, 5.41) is 2.89. The highest BCUT2D eigenvalue weighted by Gasteiger charge is 2.29. The number of nitrogens with zero attached hydrogens (tertiary/aromatic N) is 3. The Morgan fingerprint density at radius 1 is 1.11 bits per heavy atom. The van der Waals surface area contributed by atoms with Crippen LogP contribution in [0, 0.1) is 5.82 Å². The van der Waals surface area contributed by atoms with Crippen molar-refractivity contribution in [2.24, 2.45) is 0 Å². The number of halogens is 1. The maximum Gasteiger partial charge on any atom is 0.256 e. The van der Waals surface area contributed by atoms with Crippen LogP contribution in [0.1, 0.15) is 11.3 Å². The predicted octanol–water partition coefficient (Wildman–Crippen LogP) is 3.91. The van der Waals surface area contributed by atoms with Crippen LogP contribution < -0.4 is 15.0 Å². The van der Waals surface area contributed by atoms with Gasteiger partial charge in [0.2, 0.25) is 0 Å². The maximum absolute atomic E-state index is 14.7. The van der Waals surface area contributed by atoms with Crippen LogP contribution in [0.15, 0.2) is 54.7 Å². The summed E-state index contributed by atoms with van der Waals surface area (Å²) in [6.45, 7) is 5.64. The Labute approximate surface area is 209 Å². The third-order valence-electron chi connectivity index (χ3n) is 7.17. The smallest absolute Gasteiger partial charge is 0.256 e. The predicted molar refractivity (Wildman–Crippen MR) is 138 cm³/mol. The molecule has 6 rings (SSSR count). The number of ether oxygens (including phenoxy) is 2. The van der Waals surface area contributed by atoms with E-state index in [1.807, 2.05) is 18.3 Å². The van der Waals surface area contributed by atoms with Crippen molar-refractivity contribution in [3.63, 3.8) is 0 Å². The summed E-state index contributed by atoms with van der Waals surface area (Å²) < 4.78 is 25.4. The standard InChI is InChI=1S/C28H27FN4O3/c1-35-26-4-2-3-24(29)27(26)18-5-8-25-22(13-18)23(28(34)31-25)14-19-6-7-20(15-30-19)32-9-11-33(12-10-32)21-16-36-17-21/h2-8,13-15,21H,9-12,16-17H2,1H3,(H,31,34)/b23-14+. The van der Waals surface area contributed by atoms with Gasteiger partial charge >= 0.3 is 0 Å². The van der Waals surface area contributed by atoms with Gasteiger partial charge < -0.3 is 19.7 Å². The molecule has 3 aliphatic rings. The van der Waals surface area contributed by atoms with Gasteiger partial charge in [0.05, 0.1) is 55.1 Å². The van der Waals surface area contributed by atoms with Gasteiger partial charge in [0.1, 0.15) is 11.6 Å². The molecule has 1 amide bonds. The van der Waals surface area contributed by atoms with Crippen LogP contribution in [0.2, 0.25) is 0 Å². The van der Waals surface area contributed by atoms with Crippen molar-refractivity contribution in [2.75, 3.05) is 56.7 Å². The summed E-state index contributed by atoms with van der Waals surface area (Å²) in [5.41, 5.74) is 4.68. The number of amides is 1. The zero-order valence-corrected chi connectivity index (χ0v) is 20.0. The third-order valence-corrected chi connectivity index (χ3v) is 7.17. The molecule has 4 heterocycles. The van der Waals surface area contributed by atoms with Gasteiger partial charge in [-0.15, -0.1) is 0 Å². The summed E-state index contributed by atoms with van der Waals surface area (Å²) in [6.07, 6.45) is 3.64. The van der Waals surface area contributed by atoms with Gasteiger partial charge in [-0.3, -0.25) is 14.7 Å². The Kier molecular flexibility index (Phi) is 5.91. The first-order valence-electron chi connectivity index (χ1n) is 12.1. The minimum absolute atomic E-state index is 0.204. The van der Waals surface area contributed by atoms with E-state index in [1.165, 1.54) is 13.2 Å². The fraction of sp³-hybridized carbons (Fsp3) is 0.286. The second kappa shape index (κ2) is 9.37. The minimum Gasteiger partial charge on any atom is -0.496 e. The van der Waals surface area contributed by atoms with Crippen LogP contribution in [0.25, 0.3) is 22.8 Å². The van der Waals surface area contributed by atoms with Crippen LogP contribution in [0.5, 0.6) is 5.75 Å². The molecule has 8 heteroatoms. The molecule has 36 heavy (non-hydrogen) atoms. The number of benzene rings is 2. The normalized spacial score (nSPS) is 19.2. The molecular formula is C28H27FN4O3. The minimum atomic E-state index is -0.378. The molecule has 2 aromatic carbocycles. The highest BCUT2D eigenvalue weighted by atomic mass is 19.1. The van der Waals surface area contributed by atoms with E-state index >= 15 is 0 Å². The molecule has 0 unspecified atom stereocenters. The van der Waals surface area contributed by atoms with Gasteiger partial charge in [-0.2, -0.15) is 0 Å². The van der Waals surface area contributed by atoms with E-state index in [-0.39, 0.29) is 11.7 Å². The number of hydrogen-bond acceptors (Lipinski definition) is 6. The number of anilines is 2. The Morgan fingerprint density at radius 3 is 2.64 bits per heavy atom. The van der Waals surface area contributed by atoms with Gasteiger partial charge in [-0.1, -0.05) is 12.1 Å². The van der Waals surface area contributed by atoms with Gasteiger partial charge in [0.15, 0.2) is 0 Å². The molecule has 1 N–H and O–H groups in total. The van der Waals surface area contributed by atoms with Crippen LogP contribution in [0.3, 0.4) is 0 Å². The summed E-state index contributed by atoms with van der Waals surface area (Å²) in [4.78, 5) is 22.2. The molecule has 1 aromatic heterocycles. The Balaban J connectivity index is 1.24. The fourth-order valence-corrected chi connectivity index (χ4v) is 5.04. The monoisotopic (exact) mass is 486 g/mol. The lowest BCUT2D eigenvalue weighted by molar-refractivity contribution is -0.110. The summed E-state index contributed by atoms with van der Waals surface area (Å²) in [7, 11) is 1.51. The van der Waals surface area contributed by atoms with E-state index < -0.39 is 0 Å². The number of fused-ring (bicyclic) bond motifs is 1. The molecule has 0 radical (unpaired) electrons. The van der Waals surface area contributed by atoms with Crippen molar-refractivity contribution in [2.45, 2.75) is 6.04 Å². The number of pyridine rings is 1. The number of carbonyl (C=O) groups is 1. The van der Waals surface area contributed by atoms with E-state index in [0.29, 0.717) is 45.4 Å². The van der Waals surface area contributed by atoms with Crippen molar-refractivity contribution in [3.05, 3.63) is 71.8 Å². The molecule has 0 spiro atoms. The van der Waals surface area contributed by atoms with Gasteiger partial charge in [-0.05, 0) is 48.0 Å². The average molecular weight is 487 g/mol. The van der Waals surface area contributed by atoms with Crippen molar-refractivity contribution in [1.29, 1.82) is 0 Å². The van der Waals surface area contributed by atoms with Gasteiger partial charge in [0, 0.05) is 37.4 Å². The number of methoxy groups -OCH3 is 1. The lowest BCUT2D eigenvalue weighted by Gasteiger charge is -2.43. The molecule has 3 aromatic rings. The molecule has 0 atom stereocenters. The summed E-state index contributed by atoms with van der Waals surface area (Å²) in [6, 6.07) is 14.7. The molecule has 2 fully saturated rings. The largest absolute Gasteiger partial charge is 0.496 e. The summed E-state index contributed by atoms with van der Waals surface area (Å²) >= 11 is 0. The summed E-state index contributed by atoms with van der Waals surface area (Å²) in [5.74, 6) is -0.141. The fourth-order valence-electron chi connectivity index (χ4n) is 5.04. The van der Waals surface area contributed by atoms with Crippen LogP contribution >= 0.6 is 0 Å². The topological polar surface area (TPSA) is 66.9 Å². The van der Waals surface area contributed by atoms with Crippen molar-refractivity contribution < 1.29 is 18.7 Å². The number of piperazine rings is 1. The number of carbonyl (C=O) groups excluding carboxylic acids is 1. The van der Waals surface area contributed by atoms with Crippen molar-refractivity contribution in [1.82, 2.24) is 9.88 Å². The number of hydrogen-bond donors (Lipinski definition) is 1. The highest BCUT2D eigenvalue weighted by molar-refractivity contribution is 6.35. The molecule has 0 aliphatic carbocycles. The quantitative estimate of drug-likeness (QED) is 0.552. The number of rotatable bonds is 5. The Bertz CT molecular complexity index is 1330. The second-order valence-electron chi connectivity index (χ2n) is 9.25. The van der Waals surface area contributed by atoms with Crippen LogP contribution in [-0.2, 0) is 9.53 Å². The second-order valence-corrected chi connectivity index (χ2v) is 9.25. The van der Waals surface area contributed by atoms with E-state index in [1.54, 1.807) is 30.3 Å². The SMILES string of the molecule is COc1cccc(F)c1-c1ccc2c(c1)/C(=C\c1ccc(N3CCN(C4COC4)CC3)cn1)C(=O)N2. The number of nitrogens with one attached hydrogen (secondary N) is 1. The zero-order valence-electron chi connectivity index (χ0n) is 20.0. The molecular weight excluding hydrogens is 459 g/mol. The molecule has 7 nitrogen and oxygen atoms in total. The van der Waals surface area contributed by atoms with E-state index in [4.69, 9.17) is 9.47 Å². The third kappa shape index (κ3) is 4.12. The molecule has 0 saturated carbocycles. The van der Waals surface area contributed by atoms with Crippen molar-refractivity contribution >= 4 is 28.9 Å². The first-order valence-corrected chi connectivity index (χ1v) is 12.1. The maximum atomic E-state index is 14.7. The molecule has 184 valence electrons. The first kappa shape index (κ1) is 22.7. The first-order chi connectivity index (χ1) is 17.6. The Morgan fingerprint density at radius 2 is 1.94 bits per heavy atom. The molecule has 3 aliphatic heterocycles. The lowest BCUT2D eigenvalue weighted by atomic mass is 9.98. The molecule has 2 saturated heterocycles. The number of aromatic nitrogens is 1.